The van der Waals surface area contributed by atoms with Crippen LogP contribution in [-0.2, 0) is 0 Å². The number of unbranched alkanes of at least 4 members (excludes halogenated alkanes) is 2. The maximum absolute atomic E-state index is 5.37. The molecule has 0 aromatic carbocycles. The Labute approximate surface area is 101 Å². The van der Waals surface area contributed by atoms with Crippen molar-refractivity contribution in [2.24, 2.45) is 5.73 Å². The van der Waals surface area contributed by atoms with Crippen LogP contribution >= 0.6 is 0 Å². The van der Waals surface area contributed by atoms with Crippen LogP contribution in [0.2, 0.25) is 0 Å². The van der Waals surface area contributed by atoms with Gasteiger partial charge in [0.15, 0.2) is 0 Å². The normalized spacial score (nSPS) is 10.9. The highest BCUT2D eigenvalue weighted by atomic mass is 14.9. The first-order valence-electron chi connectivity index (χ1n) is 6.74. The van der Waals surface area contributed by atoms with Gasteiger partial charge in [-0.15, -0.1) is 0 Å². The minimum Gasteiger partial charge on any atom is -0.329 e. The summed E-state index contributed by atoms with van der Waals surface area (Å²) < 4.78 is 0. The van der Waals surface area contributed by atoms with E-state index in [1.165, 1.54) is 25.7 Å². The molecule has 0 aromatic heterocycles. The zero-order valence-corrected chi connectivity index (χ0v) is 10.9. The lowest BCUT2D eigenvalue weighted by molar-refractivity contribution is 0.561. The molecule has 0 aliphatic rings. The molecule has 98 valence electrons. The molecule has 0 aromatic rings. The van der Waals surface area contributed by atoms with Crippen LogP contribution in [-0.4, -0.2) is 45.8 Å². The largest absolute Gasteiger partial charge is 0.329 e. The Morgan fingerprint density at radius 3 is 1.81 bits per heavy atom. The Bertz CT molecular complexity index is 106. The average Bonchev–Trinajstić information content (AvgIpc) is 2.31. The predicted molar refractivity (Wildman–Crippen MR) is 71.8 cm³/mol. The van der Waals surface area contributed by atoms with Crippen LogP contribution < -0.4 is 21.7 Å². The molecule has 0 rings (SSSR count). The molecule has 0 unspecified atom stereocenters. The van der Waals surface area contributed by atoms with E-state index >= 15 is 0 Å². The van der Waals surface area contributed by atoms with E-state index in [0.717, 1.165) is 45.8 Å². The van der Waals surface area contributed by atoms with E-state index in [2.05, 4.69) is 22.9 Å². The maximum atomic E-state index is 5.37. The predicted octanol–water partition coefficient (Wildman–Crippen LogP) is 0.294. The topological polar surface area (TPSA) is 62.1 Å². The smallest absolute Gasteiger partial charge is 0.00767 e. The molecule has 0 heterocycles. The van der Waals surface area contributed by atoms with Gasteiger partial charge in [0, 0.05) is 26.2 Å². The first-order valence-corrected chi connectivity index (χ1v) is 6.74. The molecule has 4 heteroatoms. The van der Waals surface area contributed by atoms with Gasteiger partial charge in [-0.05, 0) is 32.5 Å². The van der Waals surface area contributed by atoms with Crippen molar-refractivity contribution >= 4 is 0 Å². The van der Waals surface area contributed by atoms with E-state index in [1.807, 2.05) is 0 Å². The fourth-order valence-corrected chi connectivity index (χ4v) is 1.49. The van der Waals surface area contributed by atoms with Gasteiger partial charge in [0.2, 0.25) is 0 Å². The monoisotopic (exact) mass is 230 g/mol. The molecular formula is C12H30N4. The van der Waals surface area contributed by atoms with Crippen LogP contribution in [0.1, 0.15) is 32.6 Å². The van der Waals surface area contributed by atoms with Gasteiger partial charge in [0.1, 0.15) is 0 Å². The number of rotatable bonds is 13. The summed E-state index contributed by atoms with van der Waals surface area (Å²) in [4.78, 5) is 0. The Kier molecular flexibility index (Phi) is 14.7. The highest BCUT2D eigenvalue weighted by molar-refractivity contribution is 4.54. The second-order valence-electron chi connectivity index (χ2n) is 4.10. The van der Waals surface area contributed by atoms with Crippen LogP contribution in [0.4, 0.5) is 0 Å². The minimum atomic E-state index is 0.731. The van der Waals surface area contributed by atoms with Crippen LogP contribution in [0.3, 0.4) is 0 Å². The zero-order valence-electron chi connectivity index (χ0n) is 10.9. The lowest BCUT2D eigenvalue weighted by Crippen LogP contribution is -2.30. The van der Waals surface area contributed by atoms with Crippen molar-refractivity contribution in [3.8, 4) is 0 Å². The molecule has 0 bridgehead atoms. The van der Waals surface area contributed by atoms with Crippen LogP contribution in [0.15, 0.2) is 0 Å². The highest BCUT2D eigenvalue weighted by Crippen LogP contribution is 1.90. The Balaban J connectivity index is 2.83. The molecular weight excluding hydrogens is 200 g/mol. The standard InChI is InChI=1S/C12H30N4/c1-2-3-4-7-15-11-12-16-9-5-8-14-10-6-13/h14-16H,2-13H2,1H3. The van der Waals surface area contributed by atoms with E-state index in [0.29, 0.717) is 0 Å². The molecule has 0 aliphatic carbocycles. The fourth-order valence-electron chi connectivity index (χ4n) is 1.49. The SMILES string of the molecule is CCCCCNCCNCCCNCCN. The van der Waals surface area contributed by atoms with Gasteiger partial charge in [-0.25, -0.2) is 0 Å². The maximum Gasteiger partial charge on any atom is 0.00767 e. The summed E-state index contributed by atoms with van der Waals surface area (Å²) in [5.74, 6) is 0. The van der Waals surface area contributed by atoms with Gasteiger partial charge in [0.25, 0.3) is 0 Å². The fraction of sp³-hybridized carbons (Fsp3) is 1.00. The summed E-state index contributed by atoms with van der Waals surface area (Å²) in [7, 11) is 0. The molecule has 0 saturated carbocycles. The summed E-state index contributed by atoms with van der Waals surface area (Å²) in [6.45, 7) is 9.37. The summed E-state index contributed by atoms with van der Waals surface area (Å²) in [5, 5.41) is 10.1. The lowest BCUT2D eigenvalue weighted by atomic mass is 10.2. The van der Waals surface area contributed by atoms with Gasteiger partial charge in [-0.1, -0.05) is 19.8 Å². The summed E-state index contributed by atoms with van der Waals surface area (Å²) in [6.07, 6.45) is 5.12. The van der Waals surface area contributed by atoms with Crippen molar-refractivity contribution in [1.82, 2.24) is 16.0 Å². The summed E-state index contributed by atoms with van der Waals surface area (Å²) >= 11 is 0. The van der Waals surface area contributed by atoms with Crippen molar-refractivity contribution in [3.05, 3.63) is 0 Å². The van der Waals surface area contributed by atoms with Crippen molar-refractivity contribution in [1.29, 1.82) is 0 Å². The van der Waals surface area contributed by atoms with Gasteiger partial charge in [-0.3, -0.25) is 0 Å². The molecule has 0 spiro atoms. The second kappa shape index (κ2) is 14.8. The van der Waals surface area contributed by atoms with Crippen molar-refractivity contribution in [3.63, 3.8) is 0 Å². The first kappa shape index (κ1) is 15.8. The van der Waals surface area contributed by atoms with E-state index in [-0.39, 0.29) is 0 Å². The number of nitrogens with one attached hydrogen (secondary N) is 3. The van der Waals surface area contributed by atoms with E-state index in [9.17, 15) is 0 Å². The molecule has 0 radical (unpaired) electrons. The molecule has 0 atom stereocenters. The quantitative estimate of drug-likeness (QED) is 0.344. The van der Waals surface area contributed by atoms with E-state index in [4.69, 9.17) is 5.73 Å². The summed E-state index contributed by atoms with van der Waals surface area (Å²) in [5.41, 5.74) is 5.37. The van der Waals surface area contributed by atoms with E-state index < -0.39 is 0 Å². The molecule has 0 saturated heterocycles. The number of hydrogen-bond acceptors (Lipinski definition) is 4. The van der Waals surface area contributed by atoms with Gasteiger partial charge in [0.05, 0.1) is 0 Å². The Morgan fingerprint density at radius 1 is 0.688 bits per heavy atom. The van der Waals surface area contributed by atoms with Gasteiger partial charge in [-0.2, -0.15) is 0 Å². The molecule has 4 nitrogen and oxygen atoms in total. The lowest BCUT2D eigenvalue weighted by Gasteiger charge is -2.06. The third-order valence-corrected chi connectivity index (χ3v) is 2.46. The van der Waals surface area contributed by atoms with Crippen molar-refractivity contribution < 1.29 is 0 Å². The number of nitrogens with two attached hydrogens (primary N) is 1. The van der Waals surface area contributed by atoms with Crippen LogP contribution in [0, 0.1) is 0 Å². The third-order valence-electron chi connectivity index (χ3n) is 2.46. The van der Waals surface area contributed by atoms with Crippen LogP contribution in [0.5, 0.6) is 0 Å². The first-order chi connectivity index (χ1) is 7.91. The summed E-state index contributed by atoms with van der Waals surface area (Å²) in [6, 6.07) is 0. The van der Waals surface area contributed by atoms with Gasteiger partial charge >= 0.3 is 0 Å². The molecule has 0 amide bonds. The Hall–Kier alpha value is -0.160. The minimum absolute atomic E-state index is 0.731. The highest BCUT2D eigenvalue weighted by Gasteiger charge is 1.89. The van der Waals surface area contributed by atoms with E-state index in [1.54, 1.807) is 0 Å². The zero-order chi connectivity index (χ0) is 11.9. The number of hydrogen-bond donors (Lipinski definition) is 4. The Morgan fingerprint density at radius 2 is 1.25 bits per heavy atom. The van der Waals surface area contributed by atoms with Crippen molar-refractivity contribution in [2.45, 2.75) is 32.6 Å². The van der Waals surface area contributed by atoms with Crippen molar-refractivity contribution in [2.75, 3.05) is 45.8 Å². The van der Waals surface area contributed by atoms with Gasteiger partial charge < -0.3 is 21.7 Å². The third kappa shape index (κ3) is 13.8. The molecule has 16 heavy (non-hydrogen) atoms. The molecule has 5 N–H and O–H groups in total. The average molecular weight is 230 g/mol. The second-order valence-corrected chi connectivity index (χ2v) is 4.10. The molecule has 0 aliphatic heterocycles. The molecule has 0 fully saturated rings. The van der Waals surface area contributed by atoms with Crippen LogP contribution in [0.25, 0.3) is 0 Å².